The molecule has 0 aliphatic rings. The third-order valence-corrected chi connectivity index (χ3v) is 2.53. The Kier molecular flexibility index (Phi) is 4.49. The molecule has 20 heavy (non-hydrogen) atoms. The molecule has 2 aromatic rings. The summed E-state index contributed by atoms with van der Waals surface area (Å²) in [6, 6.07) is 6.88. The summed E-state index contributed by atoms with van der Waals surface area (Å²) in [5, 5.41) is 7.43. The third kappa shape index (κ3) is 3.44. The Labute approximate surface area is 117 Å². The average molecular weight is 272 g/mol. The highest BCUT2D eigenvalue weighted by atomic mass is 16.5. The monoisotopic (exact) mass is 272 g/mol. The van der Waals surface area contributed by atoms with Gasteiger partial charge in [-0.3, -0.25) is 5.41 Å². The Bertz CT molecular complexity index is 587. The average Bonchev–Trinajstić information content (AvgIpc) is 2.47. The second-order valence-corrected chi connectivity index (χ2v) is 3.96. The fourth-order valence-electron chi connectivity index (χ4n) is 1.61. The molecule has 0 amide bonds. The molecule has 6 heteroatoms. The Balaban J connectivity index is 2.16. The Morgan fingerprint density at radius 2 is 1.95 bits per heavy atom. The van der Waals surface area contributed by atoms with Crippen LogP contribution in [0.2, 0.25) is 0 Å². The molecule has 104 valence electrons. The van der Waals surface area contributed by atoms with Crippen LogP contribution in [0.3, 0.4) is 0 Å². The number of nitrogens with two attached hydrogens (primary N) is 1. The molecule has 0 bridgehead atoms. The number of rotatable bonds is 6. The van der Waals surface area contributed by atoms with Gasteiger partial charge < -0.3 is 15.2 Å². The van der Waals surface area contributed by atoms with E-state index in [1.54, 1.807) is 36.7 Å². The Morgan fingerprint density at radius 1 is 1.20 bits per heavy atom. The first-order chi connectivity index (χ1) is 9.70. The van der Waals surface area contributed by atoms with Crippen LogP contribution in [-0.2, 0) is 6.61 Å². The summed E-state index contributed by atoms with van der Waals surface area (Å²) in [7, 11) is 0. The molecule has 0 spiro atoms. The predicted molar refractivity (Wildman–Crippen MR) is 75.0 cm³/mol. The number of amidine groups is 1. The summed E-state index contributed by atoms with van der Waals surface area (Å²) < 4.78 is 11.1. The van der Waals surface area contributed by atoms with E-state index >= 15 is 0 Å². The lowest BCUT2D eigenvalue weighted by Gasteiger charge is -2.12. The van der Waals surface area contributed by atoms with Gasteiger partial charge in [0.1, 0.15) is 12.4 Å². The molecule has 0 aliphatic heterocycles. The first kappa shape index (κ1) is 13.8. The summed E-state index contributed by atoms with van der Waals surface area (Å²) in [4.78, 5) is 8.17. The van der Waals surface area contributed by atoms with Crippen molar-refractivity contribution >= 4 is 5.84 Å². The molecule has 0 saturated heterocycles. The van der Waals surface area contributed by atoms with Gasteiger partial charge in [-0.25, -0.2) is 9.97 Å². The van der Waals surface area contributed by atoms with Gasteiger partial charge in [0.2, 0.25) is 0 Å². The van der Waals surface area contributed by atoms with Crippen molar-refractivity contribution in [3.8, 4) is 11.5 Å². The van der Waals surface area contributed by atoms with E-state index in [1.165, 1.54) is 0 Å². The number of ether oxygens (including phenoxy) is 2. The van der Waals surface area contributed by atoms with Gasteiger partial charge in [-0.15, -0.1) is 0 Å². The van der Waals surface area contributed by atoms with Crippen molar-refractivity contribution in [1.82, 2.24) is 9.97 Å². The van der Waals surface area contributed by atoms with Gasteiger partial charge in [-0.05, 0) is 31.2 Å². The van der Waals surface area contributed by atoms with Gasteiger partial charge in [0.25, 0.3) is 0 Å². The van der Waals surface area contributed by atoms with E-state index in [0.717, 1.165) is 0 Å². The number of nitrogens with zero attached hydrogens (tertiary/aromatic N) is 2. The van der Waals surface area contributed by atoms with Gasteiger partial charge >= 0.3 is 0 Å². The second-order valence-electron chi connectivity index (χ2n) is 3.96. The lowest BCUT2D eigenvalue weighted by molar-refractivity contribution is 0.263. The maximum atomic E-state index is 7.43. The molecule has 0 radical (unpaired) electrons. The number of nitrogen functional groups attached to an aromatic ring is 1. The van der Waals surface area contributed by atoms with Crippen molar-refractivity contribution in [1.29, 1.82) is 5.41 Å². The van der Waals surface area contributed by atoms with Gasteiger partial charge in [0, 0.05) is 18.0 Å². The van der Waals surface area contributed by atoms with Gasteiger partial charge in [-0.1, -0.05) is 0 Å². The van der Waals surface area contributed by atoms with E-state index in [9.17, 15) is 0 Å². The van der Waals surface area contributed by atoms with Gasteiger partial charge in [-0.2, -0.15) is 0 Å². The van der Waals surface area contributed by atoms with Crippen LogP contribution >= 0.6 is 0 Å². The molecule has 0 aliphatic carbocycles. The minimum absolute atomic E-state index is 0.0103. The van der Waals surface area contributed by atoms with E-state index in [-0.39, 0.29) is 12.4 Å². The normalized spacial score (nSPS) is 10.1. The van der Waals surface area contributed by atoms with Crippen LogP contribution < -0.4 is 15.2 Å². The molecule has 1 heterocycles. The standard InChI is InChI=1S/C14H16N4O2/c1-2-19-12-8-10(14(15)16)4-5-11(12)20-9-13-17-6-3-7-18-13/h3-8H,2,9H2,1H3,(H3,15,16). The zero-order chi connectivity index (χ0) is 14.4. The van der Waals surface area contributed by atoms with Crippen LogP contribution in [0, 0.1) is 5.41 Å². The Morgan fingerprint density at radius 3 is 2.60 bits per heavy atom. The van der Waals surface area contributed by atoms with E-state index in [4.69, 9.17) is 20.6 Å². The molecule has 0 fully saturated rings. The summed E-state index contributed by atoms with van der Waals surface area (Å²) in [5.74, 6) is 1.70. The molecule has 0 atom stereocenters. The number of hydrogen-bond donors (Lipinski definition) is 2. The molecule has 6 nitrogen and oxygen atoms in total. The maximum Gasteiger partial charge on any atom is 0.166 e. The molecule has 1 aromatic heterocycles. The van der Waals surface area contributed by atoms with Crippen LogP contribution in [0.5, 0.6) is 11.5 Å². The minimum atomic E-state index is -0.0103. The molecule has 0 saturated carbocycles. The van der Waals surface area contributed by atoms with Crippen LogP contribution in [0.25, 0.3) is 0 Å². The summed E-state index contributed by atoms with van der Waals surface area (Å²) in [6.45, 7) is 2.63. The third-order valence-electron chi connectivity index (χ3n) is 2.53. The number of benzene rings is 1. The van der Waals surface area contributed by atoms with E-state index < -0.39 is 0 Å². The number of hydrogen-bond acceptors (Lipinski definition) is 5. The molecule has 1 aromatic carbocycles. The fraction of sp³-hybridized carbons (Fsp3) is 0.214. The van der Waals surface area contributed by atoms with E-state index in [2.05, 4.69) is 9.97 Å². The van der Waals surface area contributed by atoms with Crippen LogP contribution in [-0.4, -0.2) is 22.4 Å². The van der Waals surface area contributed by atoms with Crippen molar-refractivity contribution in [2.24, 2.45) is 5.73 Å². The zero-order valence-electron chi connectivity index (χ0n) is 11.2. The lowest BCUT2D eigenvalue weighted by atomic mass is 10.2. The van der Waals surface area contributed by atoms with E-state index in [0.29, 0.717) is 29.5 Å². The highest BCUT2D eigenvalue weighted by Crippen LogP contribution is 2.28. The molecule has 3 N–H and O–H groups in total. The summed E-state index contributed by atoms with van der Waals surface area (Å²) in [6.07, 6.45) is 3.32. The van der Waals surface area contributed by atoms with Crippen molar-refractivity contribution in [3.63, 3.8) is 0 Å². The molecular weight excluding hydrogens is 256 g/mol. The molecular formula is C14H16N4O2. The highest BCUT2D eigenvalue weighted by Gasteiger charge is 2.08. The minimum Gasteiger partial charge on any atom is -0.490 e. The van der Waals surface area contributed by atoms with Crippen molar-refractivity contribution in [3.05, 3.63) is 48.0 Å². The lowest BCUT2D eigenvalue weighted by Crippen LogP contribution is -2.11. The van der Waals surface area contributed by atoms with Crippen LogP contribution in [0.4, 0.5) is 0 Å². The van der Waals surface area contributed by atoms with Crippen molar-refractivity contribution in [2.45, 2.75) is 13.5 Å². The smallest absolute Gasteiger partial charge is 0.166 e. The number of nitrogens with one attached hydrogen (secondary N) is 1. The highest BCUT2D eigenvalue weighted by molar-refractivity contribution is 5.95. The predicted octanol–water partition coefficient (Wildman–Crippen LogP) is 1.74. The van der Waals surface area contributed by atoms with Crippen LogP contribution in [0.1, 0.15) is 18.3 Å². The SMILES string of the molecule is CCOc1cc(C(=N)N)ccc1OCc1ncccn1. The van der Waals surface area contributed by atoms with Gasteiger partial charge in [0.05, 0.1) is 6.61 Å². The quantitative estimate of drug-likeness (QED) is 0.617. The van der Waals surface area contributed by atoms with Crippen molar-refractivity contribution < 1.29 is 9.47 Å². The van der Waals surface area contributed by atoms with E-state index in [1.807, 2.05) is 6.92 Å². The first-order valence-electron chi connectivity index (χ1n) is 6.20. The fourth-order valence-corrected chi connectivity index (χ4v) is 1.61. The summed E-state index contributed by atoms with van der Waals surface area (Å²) >= 11 is 0. The molecule has 2 rings (SSSR count). The summed E-state index contributed by atoms with van der Waals surface area (Å²) in [5.41, 5.74) is 6.06. The first-order valence-corrected chi connectivity index (χ1v) is 6.20. The largest absolute Gasteiger partial charge is 0.490 e. The molecule has 0 unspecified atom stereocenters. The zero-order valence-corrected chi connectivity index (χ0v) is 11.2. The maximum absolute atomic E-state index is 7.43. The van der Waals surface area contributed by atoms with Crippen LogP contribution in [0.15, 0.2) is 36.7 Å². The number of aromatic nitrogens is 2. The second kappa shape index (κ2) is 6.51. The Hall–Kier alpha value is -2.63. The van der Waals surface area contributed by atoms with Crippen molar-refractivity contribution in [2.75, 3.05) is 6.61 Å². The topological polar surface area (TPSA) is 94.1 Å². The van der Waals surface area contributed by atoms with Gasteiger partial charge in [0.15, 0.2) is 17.3 Å².